The monoisotopic (exact) mass is 394 g/mol. The summed E-state index contributed by atoms with van der Waals surface area (Å²) in [6.07, 6.45) is 2.47. The van der Waals surface area contributed by atoms with Gasteiger partial charge in [0.15, 0.2) is 5.11 Å². The SMILES string of the molecule is COCCNC(=S)Nc1nc(N2CCOCC2)cc(N2CCC[C@@H](C)C2)n1. The first kappa shape index (κ1) is 20.0. The summed E-state index contributed by atoms with van der Waals surface area (Å²) < 4.78 is 10.5. The van der Waals surface area contributed by atoms with Crippen LogP contribution in [0.1, 0.15) is 19.8 Å². The lowest BCUT2D eigenvalue weighted by Crippen LogP contribution is -2.38. The number of ether oxygens (including phenoxy) is 2. The number of rotatable bonds is 6. The normalized spacial score (nSPS) is 20.4. The molecule has 0 saturated carbocycles. The summed E-state index contributed by atoms with van der Waals surface area (Å²) in [4.78, 5) is 14.0. The van der Waals surface area contributed by atoms with Gasteiger partial charge in [-0.25, -0.2) is 0 Å². The van der Waals surface area contributed by atoms with Crippen LogP contribution in [0.25, 0.3) is 0 Å². The highest BCUT2D eigenvalue weighted by atomic mass is 32.1. The van der Waals surface area contributed by atoms with E-state index in [1.807, 2.05) is 0 Å². The molecule has 3 heterocycles. The Morgan fingerprint density at radius 1 is 1.26 bits per heavy atom. The zero-order chi connectivity index (χ0) is 19.1. The molecule has 2 saturated heterocycles. The van der Waals surface area contributed by atoms with Gasteiger partial charge in [0.05, 0.1) is 19.8 Å². The first-order chi connectivity index (χ1) is 13.2. The Morgan fingerprint density at radius 2 is 2.00 bits per heavy atom. The van der Waals surface area contributed by atoms with Crippen molar-refractivity contribution in [3.63, 3.8) is 0 Å². The molecule has 2 aliphatic heterocycles. The number of aromatic nitrogens is 2. The molecular weight excluding hydrogens is 364 g/mol. The quantitative estimate of drug-likeness (QED) is 0.551. The fourth-order valence-corrected chi connectivity index (χ4v) is 3.60. The van der Waals surface area contributed by atoms with Gasteiger partial charge in [0, 0.05) is 45.9 Å². The standard InChI is InChI=1S/C18H30N6O2S/c1-14-4-3-6-24(13-14)16-12-15(23-7-10-26-11-8-23)20-17(21-16)22-18(27)19-5-9-25-2/h12,14H,3-11,13H2,1-2H3,(H2,19,20,21,22,27)/t14-/m1/s1. The molecule has 0 spiro atoms. The molecule has 1 aromatic rings. The summed E-state index contributed by atoms with van der Waals surface area (Å²) >= 11 is 5.36. The summed E-state index contributed by atoms with van der Waals surface area (Å²) in [5.41, 5.74) is 0. The van der Waals surface area contributed by atoms with E-state index in [-0.39, 0.29) is 0 Å². The van der Waals surface area contributed by atoms with Crippen molar-refractivity contribution in [3.8, 4) is 0 Å². The van der Waals surface area contributed by atoms with E-state index in [0.717, 1.165) is 51.0 Å². The highest BCUT2D eigenvalue weighted by Gasteiger charge is 2.21. The van der Waals surface area contributed by atoms with E-state index in [1.165, 1.54) is 12.8 Å². The molecule has 0 aliphatic carbocycles. The smallest absolute Gasteiger partial charge is 0.232 e. The Balaban J connectivity index is 1.78. The van der Waals surface area contributed by atoms with E-state index in [0.29, 0.717) is 30.1 Å². The molecule has 3 rings (SSSR count). The second kappa shape index (κ2) is 10.0. The topological polar surface area (TPSA) is 74.8 Å². The van der Waals surface area contributed by atoms with Crippen LogP contribution in [0.5, 0.6) is 0 Å². The van der Waals surface area contributed by atoms with Crippen molar-refractivity contribution in [2.24, 2.45) is 5.92 Å². The first-order valence-corrected chi connectivity index (χ1v) is 10.1. The average Bonchev–Trinajstić information content (AvgIpc) is 2.68. The van der Waals surface area contributed by atoms with Gasteiger partial charge in [-0.1, -0.05) is 6.92 Å². The third-order valence-corrected chi connectivity index (χ3v) is 5.08. The highest BCUT2D eigenvalue weighted by Crippen LogP contribution is 2.26. The number of anilines is 3. The first-order valence-electron chi connectivity index (χ1n) is 9.66. The predicted octanol–water partition coefficient (Wildman–Crippen LogP) is 1.48. The van der Waals surface area contributed by atoms with Crippen LogP contribution < -0.4 is 20.4 Å². The minimum Gasteiger partial charge on any atom is -0.383 e. The fourth-order valence-electron chi connectivity index (χ4n) is 3.40. The van der Waals surface area contributed by atoms with Crippen LogP contribution in [0.4, 0.5) is 17.6 Å². The van der Waals surface area contributed by atoms with Crippen molar-refractivity contribution in [1.29, 1.82) is 0 Å². The number of morpholine rings is 1. The van der Waals surface area contributed by atoms with Crippen LogP contribution in [-0.2, 0) is 9.47 Å². The van der Waals surface area contributed by atoms with Crippen LogP contribution in [-0.4, -0.2) is 74.7 Å². The molecule has 0 aromatic carbocycles. The Morgan fingerprint density at radius 3 is 2.70 bits per heavy atom. The number of nitrogens with zero attached hydrogens (tertiary/aromatic N) is 4. The van der Waals surface area contributed by atoms with E-state index in [2.05, 4.69) is 33.4 Å². The molecule has 0 amide bonds. The van der Waals surface area contributed by atoms with Crippen molar-refractivity contribution in [1.82, 2.24) is 15.3 Å². The second-order valence-corrected chi connectivity index (χ2v) is 7.48. The van der Waals surface area contributed by atoms with E-state index < -0.39 is 0 Å². The number of thiocarbonyl (C=S) groups is 1. The maximum absolute atomic E-state index is 5.48. The van der Waals surface area contributed by atoms with Crippen molar-refractivity contribution in [2.75, 3.05) is 74.8 Å². The van der Waals surface area contributed by atoms with E-state index in [4.69, 9.17) is 31.7 Å². The Labute approximate surface area is 166 Å². The van der Waals surface area contributed by atoms with E-state index in [9.17, 15) is 0 Å². The number of nitrogens with one attached hydrogen (secondary N) is 2. The van der Waals surface area contributed by atoms with Gasteiger partial charge in [-0.05, 0) is 31.0 Å². The summed E-state index contributed by atoms with van der Waals surface area (Å²) in [5.74, 6) is 3.08. The Bertz CT molecular complexity index is 626. The van der Waals surface area contributed by atoms with Crippen molar-refractivity contribution >= 4 is 34.9 Å². The largest absolute Gasteiger partial charge is 0.383 e. The van der Waals surface area contributed by atoms with Crippen LogP contribution >= 0.6 is 12.2 Å². The molecule has 2 aliphatic rings. The molecule has 1 atom stereocenters. The lowest BCUT2D eigenvalue weighted by atomic mass is 10.0. The molecule has 27 heavy (non-hydrogen) atoms. The molecule has 1 aromatic heterocycles. The molecule has 2 fully saturated rings. The fraction of sp³-hybridized carbons (Fsp3) is 0.722. The van der Waals surface area contributed by atoms with Gasteiger partial charge in [-0.3, -0.25) is 0 Å². The van der Waals surface area contributed by atoms with Crippen LogP contribution in [0.15, 0.2) is 6.07 Å². The van der Waals surface area contributed by atoms with Gasteiger partial charge in [-0.2, -0.15) is 9.97 Å². The van der Waals surface area contributed by atoms with Gasteiger partial charge < -0.3 is 29.9 Å². The Kier molecular flexibility index (Phi) is 7.42. The average molecular weight is 395 g/mol. The minimum atomic E-state index is 0.504. The molecular formula is C18H30N6O2S. The Hall–Kier alpha value is -1.71. The second-order valence-electron chi connectivity index (χ2n) is 7.07. The van der Waals surface area contributed by atoms with Gasteiger partial charge >= 0.3 is 0 Å². The summed E-state index contributed by atoms with van der Waals surface area (Å²) in [7, 11) is 1.67. The van der Waals surface area contributed by atoms with Gasteiger partial charge in [0.25, 0.3) is 0 Å². The predicted molar refractivity (Wildman–Crippen MR) is 112 cm³/mol. The van der Waals surface area contributed by atoms with Gasteiger partial charge in [-0.15, -0.1) is 0 Å². The number of piperidine rings is 1. The molecule has 0 unspecified atom stereocenters. The molecule has 8 nitrogen and oxygen atoms in total. The zero-order valence-corrected chi connectivity index (χ0v) is 17.1. The van der Waals surface area contributed by atoms with Crippen molar-refractivity contribution < 1.29 is 9.47 Å². The zero-order valence-electron chi connectivity index (χ0n) is 16.2. The van der Waals surface area contributed by atoms with Crippen LogP contribution in [0, 0.1) is 5.92 Å². The lowest BCUT2D eigenvalue weighted by molar-refractivity contribution is 0.122. The number of hydrogen-bond donors (Lipinski definition) is 2. The van der Waals surface area contributed by atoms with Crippen molar-refractivity contribution in [3.05, 3.63) is 6.07 Å². The van der Waals surface area contributed by atoms with Crippen LogP contribution in [0.2, 0.25) is 0 Å². The maximum Gasteiger partial charge on any atom is 0.232 e. The van der Waals surface area contributed by atoms with E-state index >= 15 is 0 Å². The third kappa shape index (κ3) is 5.88. The van der Waals surface area contributed by atoms with Gasteiger partial charge in [0.2, 0.25) is 5.95 Å². The number of hydrogen-bond acceptors (Lipinski definition) is 7. The minimum absolute atomic E-state index is 0.504. The van der Waals surface area contributed by atoms with E-state index in [1.54, 1.807) is 7.11 Å². The van der Waals surface area contributed by atoms with Crippen LogP contribution in [0.3, 0.4) is 0 Å². The number of methoxy groups -OCH3 is 1. The third-order valence-electron chi connectivity index (χ3n) is 4.83. The molecule has 0 bridgehead atoms. The molecule has 0 radical (unpaired) electrons. The molecule has 9 heteroatoms. The van der Waals surface area contributed by atoms with Gasteiger partial charge in [0.1, 0.15) is 11.6 Å². The molecule has 150 valence electrons. The summed E-state index contributed by atoms with van der Waals surface area (Å²) in [6.45, 7) is 8.69. The van der Waals surface area contributed by atoms with Crippen molar-refractivity contribution in [2.45, 2.75) is 19.8 Å². The lowest BCUT2D eigenvalue weighted by Gasteiger charge is -2.33. The summed E-state index contributed by atoms with van der Waals surface area (Å²) in [5, 5.41) is 6.74. The highest BCUT2D eigenvalue weighted by molar-refractivity contribution is 7.80. The maximum atomic E-state index is 5.48. The molecule has 2 N–H and O–H groups in total. The summed E-state index contributed by atoms with van der Waals surface area (Å²) in [6, 6.07) is 2.09.